The lowest BCUT2D eigenvalue weighted by molar-refractivity contribution is -0.141. The summed E-state index contributed by atoms with van der Waals surface area (Å²) < 4.78 is 0. The second-order valence-corrected chi connectivity index (χ2v) is 5.44. The minimum atomic E-state index is -0.739. The molecule has 4 heteroatoms. The topological polar surface area (TPSA) is 66.0 Å². The normalized spacial score (nSPS) is 19.4. The molecule has 0 bridgehead atoms. The molecule has 0 radical (unpaired) electrons. The van der Waals surface area contributed by atoms with Crippen molar-refractivity contribution in [2.75, 3.05) is 0 Å². The van der Waals surface area contributed by atoms with Crippen LogP contribution in [-0.2, 0) is 11.2 Å². The molecule has 1 aromatic rings. The molecule has 0 aromatic carbocycles. The minimum Gasteiger partial charge on any atom is -0.481 e. The molecular formula is C14H22N2O2. The fraction of sp³-hybridized carbons (Fsp3) is 0.714. The Morgan fingerprint density at radius 3 is 2.72 bits per heavy atom. The molecule has 1 aliphatic rings. The van der Waals surface area contributed by atoms with Crippen molar-refractivity contribution < 1.29 is 9.90 Å². The lowest BCUT2D eigenvalue weighted by atomic mass is 9.90. The quantitative estimate of drug-likeness (QED) is 0.807. The first kappa shape index (κ1) is 13.1. The minimum absolute atomic E-state index is 0.352. The molecule has 4 nitrogen and oxygen atoms in total. The van der Waals surface area contributed by atoms with Gasteiger partial charge in [-0.3, -0.25) is 9.89 Å². The predicted molar refractivity (Wildman–Crippen MR) is 69.5 cm³/mol. The molecule has 1 unspecified atom stereocenters. The summed E-state index contributed by atoms with van der Waals surface area (Å²) in [5.41, 5.74) is 2.28. The van der Waals surface area contributed by atoms with Crippen LogP contribution < -0.4 is 0 Å². The molecule has 1 saturated carbocycles. The van der Waals surface area contributed by atoms with Gasteiger partial charge in [0, 0.05) is 12.1 Å². The number of carbonyl (C=O) groups is 1. The van der Waals surface area contributed by atoms with Crippen LogP contribution in [0.3, 0.4) is 0 Å². The van der Waals surface area contributed by atoms with Gasteiger partial charge < -0.3 is 5.11 Å². The summed E-state index contributed by atoms with van der Waals surface area (Å²) in [7, 11) is 0. The number of aliphatic carboxylic acids is 1. The Morgan fingerprint density at radius 1 is 1.44 bits per heavy atom. The van der Waals surface area contributed by atoms with Crippen molar-refractivity contribution >= 4 is 5.97 Å². The van der Waals surface area contributed by atoms with Crippen LogP contribution in [-0.4, -0.2) is 21.3 Å². The SMILES string of the molecule is CC(Cc1[nH]ncc1C1CCCCCC1)C(=O)O. The Morgan fingerprint density at radius 2 is 2.11 bits per heavy atom. The Bertz CT molecular complexity index is 392. The molecule has 2 N–H and O–H groups in total. The van der Waals surface area contributed by atoms with Crippen LogP contribution in [0.5, 0.6) is 0 Å². The van der Waals surface area contributed by atoms with Crippen LogP contribution in [0.1, 0.15) is 62.6 Å². The van der Waals surface area contributed by atoms with Gasteiger partial charge in [0.05, 0.1) is 12.1 Å². The van der Waals surface area contributed by atoms with Crippen LogP contribution >= 0.6 is 0 Å². The number of aromatic amines is 1. The number of hydrogen-bond acceptors (Lipinski definition) is 2. The lowest BCUT2D eigenvalue weighted by Gasteiger charge is -2.15. The summed E-state index contributed by atoms with van der Waals surface area (Å²) >= 11 is 0. The predicted octanol–water partition coefficient (Wildman–Crippen LogP) is 3.11. The van der Waals surface area contributed by atoms with Gasteiger partial charge in [0.2, 0.25) is 0 Å². The van der Waals surface area contributed by atoms with Crippen LogP contribution in [0.25, 0.3) is 0 Å². The van der Waals surface area contributed by atoms with E-state index in [9.17, 15) is 4.79 Å². The van der Waals surface area contributed by atoms with Crippen molar-refractivity contribution in [3.63, 3.8) is 0 Å². The highest BCUT2D eigenvalue weighted by Gasteiger charge is 2.21. The largest absolute Gasteiger partial charge is 0.481 e. The standard InChI is InChI=1S/C14H22N2O2/c1-10(14(17)18)8-13-12(9-15-16-13)11-6-4-2-3-5-7-11/h9-11H,2-8H2,1H3,(H,15,16)(H,17,18). The molecule has 1 heterocycles. The zero-order chi connectivity index (χ0) is 13.0. The van der Waals surface area contributed by atoms with Crippen LogP contribution in [0.15, 0.2) is 6.20 Å². The third kappa shape index (κ3) is 3.12. The molecule has 1 aliphatic carbocycles. The number of aromatic nitrogens is 2. The molecule has 0 spiro atoms. The first-order valence-electron chi connectivity index (χ1n) is 6.93. The number of rotatable bonds is 4. The first-order valence-corrected chi connectivity index (χ1v) is 6.93. The maximum absolute atomic E-state index is 10.9. The fourth-order valence-electron chi connectivity index (χ4n) is 2.82. The highest BCUT2D eigenvalue weighted by atomic mass is 16.4. The third-order valence-electron chi connectivity index (χ3n) is 3.98. The van der Waals surface area contributed by atoms with E-state index >= 15 is 0 Å². The number of nitrogens with zero attached hydrogens (tertiary/aromatic N) is 1. The smallest absolute Gasteiger partial charge is 0.306 e. The Balaban J connectivity index is 2.08. The van der Waals surface area contributed by atoms with E-state index in [1.165, 1.54) is 44.1 Å². The third-order valence-corrected chi connectivity index (χ3v) is 3.98. The van der Waals surface area contributed by atoms with E-state index in [1.807, 2.05) is 6.20 Å². The number of carboxylic acid groups (broad SMARTS) is 1. The molecule has 1 aromatic heterocycles. The van der Waals surface area contributed by atoms with Crippen molar-refractivity contribution in [1.82, 2.24) is 10.2 Å². The van der Waals surface area contributed by atoms with E-state index in [1.54, 1.807) is 6.92 Å². The van der Waals surface area contributed by atoms with Gasteiger partial charge in [-0.1, -0.05) is 32.6 Å². The summed E-state index contributed by atoms with van der Waals surface area (Å²) in [5, 5.41) is 16.1. The zero-order valence-electron chi connectivity index (χ0n) is 11.0. The molecular weight excluding hydrogens is 228 g/mol. The Hall–Kier alpha value is -1.32. The number of H-pyrrole nitrogens is 1. The number of hydrogen-bond donors (Lipinski definition) is 2. The van der Waals surface area contributed by atoms with Gasteiger partial charge in [-0.25, -0.2) is 0 Å². The van der Waals surface area contributed by atoms with Crippen molar-refractivity contribution in [3.8, 4) is 0 Å². The second kappa shape index (κ2) is 6.03. The van der Waals surface area contributed by atoms with E-state index in [0.717, 1.165) is 5.69 Å². The van der Waals surface area contributed by atoms with Crippen LogP contribution in [0.2, 0.25) is 0 Å². The van der Waals surface area contributed by atoms with Gasteiger partial charge in [0.25, 0.3) is 0 Å². The Labute approximate surface area is 108 Å². The van der Waals surface area contributed by atoms with Gasteiger partial charge in [0.1, 0.15) is 0 Å². The van der Waals surface area contributed by atoms with E-state index in [0.29, 0.717) is 12.3 Å². The summed E-state index contributed by atoms with van der Waals surface area (Å²) in [5.74, 6) is -0.520. The van der Waals surface area contributed by atoms with Gasteiger partial charge >= 0.3 is 5.97 Å². The van der Waals surface area contributed by atoms with E-state index < -0.39 is 5.97 Å². The van der Waals surface area contributed by atoms with Gasteiger partial charge in [0.15, 0.2) is 0 Å². The average Bonchev–Trinajstić information content (AvgIpc) is 2.63. The van der Waals surface area contributed by atoms with E-state index in [2.05, 4.69) is 10.2 Å². The maximum Gasteiger partial charge on any atom is 0.306 e. The van der Waals surface area contributed by atoms with Crippen molar-refractivity contribution in [2.24, 2.45) is 5.92 Å². The summed E-state index contributed by atoms with van der Waals surface area (Å²) in [6.45, 7) is 1.75. The van der Waals surface area contributed by atoms with Crippen molar-refractivity contribution in [1.29, 1.82) is 0 Å². The highest BCUT2D eigenvalue weighted by molar-refractivity contribution is 5.69. The molecule has 1 fully saturated rings. The molecule has 18 heavy (non-hydrogen) atoms. The van der Waals surface area contributed by atoms with Crippen molar-refractivity contribution in [3.05, 3.63) is 17.5 Å². The molecule has 1 atom stereocenters. The maximum atomic E-state index is 10.9. The lowest BCUT2D eigenvalue weighted by Crippen LogP contribution is -2.14. The van der Waals surface area contributed by atoms with Crippen molar-refractivity contribution in [2.45, 2.75) is 57.8 Å². The molecule has 2 rings (SSSR count). The second-order valence-electron chi connectivity index (χ2n) is 5.44. The first-order chi connectivity index (χ1) is 8.68. The molecule has 0 saturated heterocycles. The average molecular weight is 250 g/mol. The van der Waals surface area contributed by atoms with Crippen LogP contribution in [0, 0.1) is 5.92 Å². The summed E-state index contributed by atoms with van der Waals surface area (Å²) in [6, 6.07) is 0. The Kier molecular flexibility index (Phi) is 4.39. The number of nitrogens with one attached hydrogen (secondary N) is 1. The summed E-state index contributed by atoms with van der Waals surface area (Å²) in [4.78, 5) is 10.9. The van der Waals surface area contributed by atoms with Gasteiger partial charge in [-0.05, 0) is 24.3 Å². The van der Waals surface area contributed by atoms with Gasteiger partial charge in [-0.2, -0.15) is 5.10 Å². The monoisotopic (exact) mass is 250 g/mol. The zero-order valence-corrected chi connectivity index (χ0v) is 11.0. The van der Waals surface area contributed by atoms with Gasteiger partial charge in [-0.15, -0.1) is 0 Å². The molecule has 0 aliphatic heterocycles. The van der Waals surface area contributed by atoms with E-state index in [4.69, 9.17) is 5.11 Å². The molecule has 0 amide bonds. The number of carboxylic acids is 1. The summed E-state index contributed by atoms with van der Waals surface area (Å²) in [6.07, 6.45) is 10.1. The highest BCUT2D eigenvalue weighted by Crippen LogP contribution is 2.33. The van der Waals surface area contributed by atoms with E-state index in [-0.39, 0.29) is 5.92 Å². The molecule has 100 valence electrons. The van der Waals surface area contributed by atoms with Crippen LogP contribution in [0.4, 0.5) is 0 Å². The fourth-order valence-corrected chi connectivity index (χ4v) is 2.82.